The van der Waals surface area contributed by atoms with E-state index in [0.717, 1.165) is 17.7 Å². The molecule has 2 aromatic carbocycles. The van der Waals surface area contributed by atoms with Crippen LogP contribution in [0.25, 0.3) is 11.4 Å². The van der Waals surface area contributed by atoms with Gasteiger partial charge < -0.3 is 10.1 Å². The molecule has 0 radical (unpaired) electrons. The lowest BCUT2D eigenvalue weighted by atomic mass is 10.1. The SMILES string of the molecule is CC(C)CCNC(=O)c1ccc(-c2nccc(Oc3ccccc3)n2)cc1. The molecular weight excluding hydrogens is 338 g/mol. The fourth-order valence-electron chi connectivity index (χ4n) is 2.49. The maximum atomic E-state index is 12.2. The molecule has 0 spiro atoms. The number of benzene rings is 2. The van der Waals surface area contributed by atoms with Crippen LogP contribution in [0.4, 0.5) is 0 Å². The smallest absolute Gasteiger partial charge is 0.251 e. The Balaban J connectivity index is 1.68. The van der Waals surface area contributed by atoms with Crippen molar-refractivity contribution in [1.82, 2.24) is 15.3 Å². The van der Waals surface area contributed by atoms with Crippen LogP contribution in [0, 0.1) is 5.92 Å². The van der Waals surface area contributed by atoms with Gasteiger partial charge in [0.25, 0.3) is 5.91 Å². The van der Waals surface area contributed by atoms with Gasteiger partial charge in [0.1, 0.15) is 5.75 Å². The van der Waals surface area contributed by atoms with E-state index in [4.69, 9.17) is 4.74 Å². The monoisotopic (exact) mass is 361 g/mol. The highest BCUT2D eigenvalue weighted by atomic mass is 16.5. The predicted octanol–water partition coefficient (Wildman–Crippen LogP) is 4.71. The summed E-state index contributed by atoms with van der Waals surface area (Å²) in [4.78, 5) is 20.9. The Morgan fingerprint density at radius 2 is 1.78 bits per heavy atom. The molecule has 0 aliphatic carbocycles. The first-order valence-electron chi connectivity index (χ1n) is 9.06. The third-order valence-corrected chi connectivity index (χ3v) is 4.01. The predicted molar refractivity (Wildman–Crippen MR) is 106 cm³/mol. The number of aromatic nitrogens is 2. The minimum Gasteiger partial charge on any atom is -0.439 e. The Morgan fingerprint density at radius 1 is 1.04 bits per heavy atom. The van der Waals surface area contributed by atoms with Crippen LogP contribution in [0.1, 0.15) is 30.6 Å². The molecule has 0 fully saturated rings. The van der Waals surface area contributed by atoms with Gasteiger partial charge >= 0.3 is 0 Å². The molecule has 0 saturated heterocycles. The van der Waals surface area contributed by atoms with Crippen molar-refractivity contribution >= 4 is 5.91 Å². The molecule has 3 rings (SSSR count). The van der Waals surface area contributed by atoms with Crippen LogP contribution in [-0.2, 0) is 0 Å². The van der Waals surface area contributed by atoms with Gasteiger partial charge in [-0.05, 0) is 36.6 Å². The Hall–Kier alpha value is -3.21. The van der Waals surface area contributed by atoms with Crippen molar-refractivity contribution in [2.75, 3.05) is 6.54 Å². The lowest BCUT2D eigenvalue weighted by Crippen LogP contribution is -2.25. The molecule has 5 nitrogen and oxygen atoms in total. The van der Waals surface area contributed by atoms with Crippen molar-refractivity contribution in [1.29, 1.82) is 0 Å². The van der Waals surface area contributed by atoms with E-state index in [9.17, 15) is 4.79 Å². The second-order valence-corrected chi connectivity index (χ2v) is 6.65. The van der Waals surface area contributed by atoms with Gasteiger partial charge in [0.05, 0.1) is 0 Å². The zero-order chi connectivity index (χ0) is 19.1. The topological polar surface area (TPSA) is 64.1 Å². The average Bonchev–Trinajstić information content (AvgIpc) is 2.69. The van der Waals surface area contributed by atoms with Crippen LogP contribution >= 0.6 is 0 Å². The first-order valence-corrected chi connectivity index (χ1v) is 9.06. The lowest BCUT2D eigenvalue weighted by molar-refractivity contribution is 0.0952. The highest BCUT2D eigenvalue weighted by molar-refractivity contribution is 5.94. The van der Waals surface area contributed by atoms with Crippen molar-refractivity contribution in [2.24, 2.45) is 5.92 Å². The summed E-state index contributed by atoms with van der Waals surface area (Å²) in [5.74, 6) is 2.24. The number of hydrogen-bond acceptors (Lipinski definition) is 4. The number of hydrogen-bond donors (Lipinski definition) is 1. The van der Waals surface area contributed by atoms with Gasteiger partial charge in [-0.15, -0.1) is 0 Å². The molecule has 0 aliphatic heterocycles. The van der Waals surface area contributed by atoms with Crippen LogP contribution < -0.4 is 10.1 Å². The van der Waals surface area contributed by atoms with E-state index in [1.165, 1.54) is 0 Å². The molecule has 0 aliphatic rings. The number of amides is 1. The minimum absolute atomic E-state index is 0.0655. The number of carbonyl (C=O) groups is 1. The fraction of sp³-hybridized carbons (Fsp3) is 0.227. The molecule has 3 aromatic rings. The third kappa shape index (κ3) is 5.38. The van der Waals surface area contributed by atoms with Gasteiger partial charge in [0, 0.05) is 29.9 Å². The largest absolute Gasteiger partial charge is 0.439 e. The van der Waals surface area contributed by atoms with Crippen LogP contribution in [-0.4, -0.2) is 22.4 Å². The van der Waals surface area contributed by atoms with Gasteiger partial charge in [0.2, 0.25) is 5.88 Å². The maximum absolute atomic E-state index is 12.2. The molecule has 27 heavy (non-hydrogen) atoms. The summed E-state index contributed by atoms with van der Waals surface area (Å²) in [5.41, 5.74) is 1.45. The van der Waals surface area contributed by atoms with E-state index < -0.39 is 0 Å². The van der Waals surface area contributed by atoms with E-state index in [1.807, 2.05) is 42.5 Å². The van der Waals surface area contributed by atoms with E-state index in [1.54, 1.807) is 24.4 Å². The number of ether oxygens (including phenoxy) is 1. The number of carbonyl (C=O) groups excluding carboxylic acids is 1. The van der Waals surface area contributed by atoms with Crippen LogP contribution in [0.2, 0.25) is 0 Å². The third-order valence-electron chi connectivity index (χ3n) is 4.01. The van der Waals surface area contributed by atoms with Crippen molar-refractivity contribution in [2.45, 2.75) is 20.3 Å². The van der Waals surface area contributed by atoms with Gasteiger partial charge in [-0.2, -0.15) is 4.98 Å². The molecule has 0 bridgehead atoms. The standard InChI is InChI=1S/C22H23N3O2/c1-16(2)12-14-24-22(26)18-10-8-17(9-11-18)21-23-15-13-20(25-21)27-19-6-4-3-5-7-19/h3-11,13,15-16H,12,14H2,1-2H3,(H,24,26). The Bertz CT molecular complexity index is 878. The normalized spacial score (nSPS) is 10.6. The zero-order valence-electron chi connectivity index (χ0n) is 15.6. The summed E-state index contributed by atoms with van der Waals surface area (Å²) in [6, 6.07) is 18.5. The van der Waals surface area contributed by atoms with Crippen LogP contribution in [0.15, 0.2) is 66.9 Å². The molecule has 1 N–H and O–H groups in total. The van der Waals surface area contributed by atoms with Gasteiger partial charge in [-0.25, -0.2) is 4.98 Å². The van der Waals surface area contributed by atoms with E-state index >= 15 is 0 Å². The summed E-state index contributed by atoms with van der Waals surface area (Å²) < 4.78 is 5.75. The van der Waals surface area contributed by atoms with Crippen molar-refractivity contribution in [3.8, 4) is 23.0 Å². The van der Waals surface area contributed by atoms with Gasteiger partial charge in [-0.3, -0.25) is 4.79 Å². The molecule has 0 unspecified atom stereocenters. The highest BCUT2D eigenvalue weighted by Crippen LogP contribution is 2.22. The van der Waals surface area contributed by atoms with Crippen LogP contribution in [0.5, 0.6) is 11.6 Å². The highest BCUT2D eigenvalue weighted by Gasteiger charge is 2.08. The second kappa shape index (κ2) is 8.94. The zero-order valence-corrected chi connectivity index (χ0v) is 15.6. The molecule has 1 heterocycles. The number of nitrogens with zero attached hydrogens (tertiary/aromatic N) is 2. The summed E-state index contributed by atoms with van der Waals surface area (Å²) >= 11 is 0. The first kappa shape index (κ1) is 18.6. The second-order valence-electron chi connectivity index (χ2n) is 6.65. The van der Waals surface area contributed by atoms with Gasteiger partial charge in [-0.1, -0.05) is 44.2 Å². The van der Waals surface area contributed by atoms with E-state index in [2.05, 4.69) is 29.1 Å². The summed E-state index contributed by atoms with van der Waals surface area (Å²) in [7, 11) is 0. The van der Waals surface area contributed by atoms with Crippen molar-refractivity contribution in [3.63, 3.8) is 0 Å². The maximum Gasteiger partial charge on any atom is 0.251 e. The number of para-hydroxylation sites is 1. The fourth-order valence-corrected chi connectivity index (χ4v) is 2.49. The van der Waals surface area contributed by atoms with Crippen molar-refractivity contribution in [3.05, 3.63) is 72.4 Å². The lowest BCUT2D eigenvalue weighted by Gasteiger charge is -2.08. The van der Waals surface area contributed by atoms with E-state index in [0.29, 0.717) is 29.7 Å². The average molecular weight is 361 g/mol. The van der Waals surface area contributed by atoms with Crippen LogP contribution in [0.3, 0.4) is 0 Å². The molecule has 0 atom stereocenters. The summed E-state index contributed by atoms with van der Waals surface area (Å²) in [5, 5.41) is 2.94. The Morgan fingerprint density at radius 3 is 2.48 bits per heavy atom. The molecular formula is C22H23N3O2. The Kier molecular flexibility index (Phi) is 6.15. The number of nitrogens with one attached hydrogen (secondary N) is 1. The molecule has 1 amide bonds. The van der Waals surface area contributed by atoms with Gasteiger partial charge in [0.15, 0.2) is 5.82 Å². The molecule has 0 saturated carbocycles. The molecule has 1 aromatic heterocycles. The first-order chi connectivity index (χ1) is 13.1. The molecule has 5 heteroatoms. The summed E-state index contributed by atoms with van der Waals surface area (Å²) in [6.07, 6.45) is 2.62. The summed E-state index contributed by atoms with van der Waals surface area (Å²) in [6.45, 7) is 4.95. The van der Waals surface area contributed by atoms with Crippen molar-refractivity contribution < 1.29 is 9.53 Å². The minimum atomic E-state index is -0.0655. The number of rotatable bonds is 7. The molecule has 138 valence electrons. The quantitative estimate of drug-likeness (QED) is 0.662. The van der Waals surface area contributed by atoms with E-state index in [-0.39, 0.29) is 5.91 Å². The Labute approximate surface area is 159 Å².